The van der Waals surface area contributed by atoms with Crippen molar-refractivity contribution in [3.8, 4) is 0 Å². The predicted octanol–water partition coefficient (Wildman–Crippen LogP) is 2.17. The van der Waals surface area contributed by atoms with Crippen molar-refractivity contribution in [3.05, 3.63) is 35.4 Å². The van der Waals surface area contributed by atoms with Gasteiger partial charge >= 0.3 is 0 Å². The molecule has 3 rings (SSSR count). The van der Waals surface area contributed by atoms with E-state index in [1.807, 2.05) is 7.05 Å². The number of amides is 1. The highest BCUT2D eigenvalue weighted by atomic mass is 16.2. The molecule has 0 aromatic heterocycles. The van der Waals surface area contributed by atoms with E-state index in [0.717, 1.165) is 32.5 Å². The Morgan fingerprint density at radius 1 is 1.40 bits per heavy atom. The lowest BCUT2D eigenvalue weighted by molar-refractivity contribution is -0.131. The van der Waals surface area contributed by atoms with Gasteiger partial charge in [-0.3, -0.25) is 4.79 Å². The number of hydrogen-bond acceptors (Lipinski definition) is 2. The molecule has 0 unspecified atom stereocenters. The van der Waals surface area contributed by atoms with Crippen LogP contribution in [0.15, 0.2) is 24.3 Å². The van der Waals surface area contributed by atoms with Crippen LogP contribution >= 0.6 is 0 Å². The van der Waals surface area contributed by atoms with E-state index in [9.17, 15) is 4.79 Å². The van der Waals surface area contributed by atoms with Crippen molar-refractivity contribution in [2.45, 2.75) is 25.7 Å². The molecule has 3 nitrogen and oxygen atoms in total. The highest BCUT2D eigenvalue weighted by Crippen LogP contribution is 2.49. The topological polar surface area (TPSA) is 32.3 Å². The third-order valence-corrected chi connectivity index (χ3v) is 4.79. The lowest BCUT2D eigenvalue weighted by atomic mass is 10.0. The van der Waals surface area contributed by atoms with E-state index in [0.29, 0.717) is 17.7 Å². The van der Waals surface area contributed by atoms with Gasteiger partial charge in [0.1, 0.15) is 0 Å². The number of aryl methyl sites for hydroxylation is 1. The SMILES string of the molecule is CNC[C@@H]1CCN(C(=O)[C@H]2C[C@@H]2c2ccccc2C)C1. The second-order valence-electron chi connectivity index (χ2n) is 6.30. The van der Waals surface area contributed by atoms with Crippen LogP contribution in [0.3, 0.4) is 0 Å². The molecule has 3 atom stereocenters. The van der Waals surface area contributed by atoms with E-state index in [4.69, 9.17) is 0 Å². The van der Waals surface area contributed by atoms with Gasteiger partial charge in [-0.25, -0.2) is 0 Å². The number of nitrogens with zero attached hydrogens (tertiary/aromatic N) is 1. The molecule has 1 N–H and O–H groups in total. The van der Waals surface area contributed by atoms with Crippen LogP contribution in [-0.2, 0) is 4.79 Å². The number of carbonyl (C=O) groups is 1. The first-order valence-electron chi connectivity index (χ1n) is 7.69. The number of carbonyl (C=O) groups excluding carboxylic acids is 1. The van der Waals surface area contributed by atoms with Gasteiger partial charge in [-0.2, -0.15) is 0 Å². The summed E-state index contributed by atoms with van der Waals surface area (Å²) in [4.78, 5) is 14.6. The zero-order valence-corrected chi connectivity index (χ0v) is 12.4. The van der Waals surface area contributed by atoms with Crippen molar-refractivity contribution in [1.29, 1.82) is 0 Å². The predicted molar refractivity (Wildman–Crippen MR) is 80.6 cm³/mol. The summed E-state index contributed by atoms with van der Waals surface area (Å²) in [6, 6.07) is 8.48. The maximum atomic E-state index is 12.6. The summed E-state index contributed by atoms with van der Waals surface area (Å²) in [6.07, 6.45) is 2.19. The number of hydrogen-bond donors (Lipinski definition) is 1. The second kappa shape index (κ2) is 5.57. The lowest BCUT2D eigenvalue weighted by Gasteiger charge is -2.17. The van der Waals surface area contributed by atoms with Crippen molar-refractivity contribution in [1.82, 2.24) is 10.2 Å². The highest BCUT2D eigenvalue weighted by Gasteiger charge is 2.47. The van der Waals surface area contributed by atoms with Crippen molar-refractivity contribution in [2.24, 2.45) is 11.8 Å². The second-order valence-corrected chi connectivity index (χ2v) is 6.30. The highest BCUT2D eigenvalue weighted by molar-refractivity contribution is 5.83. The molecule has 0 radical (unpaired) electrons. The maximum Gasteiger partial charge on any atom is 0.226 e. The molecule has 108 valence electrons. The number of nitrogens with one attached hydrogen (secondary N) is 1. The minimum atomic E-state index is 0.240. The molecule has 0 spiro atoms. The van der Waals surface area contributed by atoms with Gasteiger partial charge in [-0.1, -0.05) is 24.3 Å². The van der Waals surface area contributed by atoms with Crippen molar-refractivity contribution in [2.75, 3.05) is 26.7 Å². The summed E-state index contributed by atoms with van der Waals surface area (Å²) in [7, 11) is 1.99. The smallest absolute Gasteiger partial charge is 0.226 e. The van der Waals surface area contributed by atoms with Crippen LogP contribution in [0.25, 0.3) is 0 Å². The Morgan fingerprint density at radius 2 is 2.20 bits per heavy atom. The number of rotatable bonds is 4. The van der Waals surface area contributed by atoms with Gasteiger partial charge in [-0.05, 0) is 56.3 Å². The summed E-state index contributed by atoms with van der Waals surface area (Å²) in [5.41, 5.74) is 2.69. The standard InChI is InChI=1S/C17H24N2O/c1-12-5-3-4-6-14(12)15-9-16(15)17(20)19-8-7-13(11-19)10-18-2/h3-6,13,15-16,18H,7-11H2,1-2H3/t13-,15+,16-/m0/s1. The van der Waals surface area contributed by atoms with Crippen LogP contribution in [0.5, 0.6) is 0 Å². The molecule has 20 heavy (non-hydrogen) atoms. The van der Waals surface area contributed by atoms with Gasteiger partial charge < -0.3 is 10.2 Å². The maximum absolute atomic E-state index is 12.6. The molecule has 1 heterocycles. The summed E-state index contributed by atoms with van der Waals surface area (Å²) in [5.74, 6) is 1.73. The molecule has 1 aliphatic carbocycles. The summed E-state index contributed by atoms with van der Waals surface area (Å²) in [6.45, 7) is 5.06. The first kappa shape index (κ1) is 13.6. The van der Waals surface area contributed by atoms with Crippen LogP contribution in [0, 0.1) is 18.8 Å². The molecule has 2 aliphatic rings. The molecule has 1 saturated carbocycles. The normalized spacial score (nSPS) is 28.7. The largest absolute Gasteiger partial charge is 0.342 e. The molecule has 1 saturated heterocycles. The van der Waals surface area contributed by atoms with E-state index in [1.54, 1.807) is 0 Å². The van der Waals surface area contributed by atoms with Crippen molar-refractivity contribution in [3.63, 3.8) is 0 Å². The molecule has 0 bridgehead atoms. The minimum Gasteiger partial charge on any atom is -0.342 e. The lowest BCUT2D eigenvalue weighted by Crippen LogP contribution is -2.31. The fourth-order valence-corrected chi connectivity index (χ4v) is 3.54. The molecule has 1 aromatic rings. The molecule has 1 amide bonds. The van der Waals surface area contributed by atoms with Crippen LogP contribution in [0.4, 0.5) is 0 Å². The molecule has 1 aromatic carbocycles. The van der Waals surface area contributed by atoms with Crippen LogP contribution in [-0.4, -0.2) is 37.5 Å². The van der Waals surface area contributed by atoms with Gasteiger partial charge in [0, 0.05) is 19.0 Å². The van der Waals surface area contributed by atoms with Gasteiger partial charge in [0.15, 0.2) is 0 Å². The van der Waals surface area contributed by atoms with Gasteiger partial charge in [0.05, 0.1) is 0 Å². The Balaban J connectivity index is 1.60. The summed E-state index contributed by atoms with van der Waals surface area (Å²) in [5, 5.41) is 3.22. The number of benzene rings is 1. The molecule has 3 heteroatoms. The summed E-state index contributed by atoms with van der Waals surface area (Å²) >= 11 is 0. The Bertz CT molecular complexity index is 500. The van der Waals surface area contributed by atoms with E-state index >= 15 is 0 Å². The Hall–Kier alpha value is -1.35. The Morgan fingerprint density at radius 3 is 2.95 bits per heavy atom. The van der Waals surface area contributed by atoms with Crippen LogP contribution in [0.2, 0.25) is 0 Å². The quantitative estimate of drug-likeness (QED) is 0.911. The van der Waals surface area contributed by atoms with E-state index in [2.05, 4.69) is 41.4 Å². The zero-order chi connectivity index (χ0) is 14.1. The third-order valence-electron chi connectivity index (χ3n) is 4.79. The average Bonchev–Trinajstić information content (AvgIpc) is 3.10. The van der Waals surface area contributed by atoms with Gasteiger partial charge in [0.25, 0.3) is 0 Å². The fourth-order valence-electron chi connectivity index (χ4n) is 3.54. The van der Waals surface area contributed by atoms with E-state index < -0.39 is 0 Å². The first-order chi connectivity index (χ1) is 9.70. The molecular weight excluding hydrogens is 248 g/mol. The van der Waals surface area contributed by atoms with Gasteiger partial charge in [0.2, 0.25) is 5.91 Å². The number of likely N-dealkylation sites (tertiary alicyclic amines) is 1. The first-order valence-corrected chi connectivity index (χ1v) is 7.69. The Labute approximate surface area is 121 Å². The van der Waals surface area contributed by atoms with Crippen LogP contribution in [0.1, 0.15) is 29.9 Å². The molecular formula is C17H24N2O. The van der Waals surface area contributed by atoms with Gasteiger partial charge in [-0.15, -0.1) is 0 Å². The average molecular weight is 272 g/mol. The van der Waals surface area contributed by atoms with Crippen LogP contribution < -0.4 is 5.32 Å². The molecule has 1 aliphatic heterocycles. The monoisotopic (exact) mass is 272 g/mol. The van der Waals surface area contributed by atoms with E-state index in [1.165, 1.54) is 11.1 Å². The Kier molecular flexibility index (Phi) is 3.79. The van der Waals surface area contributed by atoms with E-state index in [-0.39, 0.29) is 5.92 Å². The fraction of sp³-hybridized carbons (Fsp3) is 0.588. The minimum absolute atomic E-state index is 0.240. The van der Waals surface area contributed by atoms with Crippen molar-refractivity contribution < 1.29 is 4.79 Å². The summed E-state index contributed by atoms with van der Waals surface area (Å²) < 4.78 is 0. The molecule has 2 fully saturated rings. The zero-order valence-electron chi connectivity index (χ0n) is 12.4. The third kappa shape index (κ3) is 2.59. The van der Waals surface area contributed by atoms with Crippen molar-refractivity contribution >= 4 is 5.91 Å².